The van der Waals surface area contributed by atoms with Gasteiger partial charge in [0, 0.05) is 24.9 Å². The van der Waals surface area contributed by atoms with Gasteiger partial charge in [-0.15, -0.1) is 0 Å². The molecule has 0 amide bonds. The van der Waals surface area contributed by atoms with Crippen LogP contribution in [-0.4, -0.2) is 66.0 Å². The van der Waals surface area contributed by atoms with Crippen LogP contribution < -0.4 is 4.74 Å². The lowest BCUT2D eigenvalue weighted by atomic mass is 9.81. The highest BCUT2D eigenvalue weighted by atomic mass is 28.4. The minimum atomic E-state index is -2.17. The van der Waals surface area contributed by atoms with Gasteiger partial charge in [0.05, 0.1) is 51.8 Å². The zero-order chi connectivity index (χ0) is 39.7. The van der Waals surface area contributed by atoms with Crippen molar-refractivity contribution in [2.24, 2.45) is 29.6 Å². The van der Waals surface area contributed by atoms with Crippen molar-refractivity contribution < 1.29 is 33.2 Å². The molecule has 0 aromatic heterocycles. The molecule has 302 valence electrons. The third-order valence-corrected chi connectivity index (χ3v) is 17.3. The second-order valence-electron chi connectivity index (χ2n) is 16.7. The van der Waals surface area contributed by atoms with Gasteiger partial charge in [-0.2, -0.15) is 0 Å². The Hall–Kier alpha value is -2.04. The zero-order valence-electron chi connectivity index (χ0n) is 35.8. The summed E-state index contributed by atoms with van der Waals surface area (Å²) in [6, 6.07) is 18.3. The van der Waals surface area contributed by atoms with Crippen LogP contribution in [0.4, 0.5) is 0 Å². The van der Waals surface area contributed by atoms with Gasteiger partial charge >= 0.3 is 0 Å². The molecule has 2 aromatic carbocycles. The number of aliphatic hydroxyl groups is 1. The molecule has 0 spiro atoms. The normalized spacial score (nSPS) is 17.4. The van der Waals surface area contributed by atoms with E-state index in [0.717, 1.165) is 17.7 Å². The van der Waals surface area contributed by atoms with Crippen molar-refractivity contribution in [2.75, 3.05) is 34.2 Å². The van der Waals surface area contributed by atoms with Crippen molar-refractivity contribution in [3.8, 4) is 5.75 Å². The largest absolute Gasteiger partial charge is 0.497 e. The summed E-state index contributed by atoms with van der Waals surface area (Å²) in [6.45, 7) is 29.6. The second kappa shape index (κ2) is 23.8. The smallest absolute Gasteiger partial charge is 0.200 e. The fourth-order valence-electron chi connectivity index (χ4n) is 8.53. The van der Waals surface area contributed by atoms with Gasteiger partial charge in [0.25, 0.3) is 0 Å². The Morgan fingerprint density at radius 1 is 0.679 bits per heavy atom. The van der Waals surface area contributed by atoms with E-state index in [4.69, 9.17) is 28.1 Å². The molecule has 0 bridgehead atoms. The van der Waals surface area contributed by atoms with Crippen molar-refractivity contribution in [1.29, 1.82) is 0 Å². The van der Waals surface area contributed by atoms with Crippen LogP contribution in [0.15, 0.2) is 66.2 Å². The molecule has 2 aromatic rings. The van der Waals surface area contributed by atoms with Gasteiger partial charge in [-0.05, 0) is 65.1 Å². The number of allylic oxidation sites excluding steroid dienone is 1. The Bertz CT molecular complexity index is 1260. The van der Waals surface area contributed by atoms with Crippen LogP contribution in [0.1, 0.15) is 101 Å². The lowest BCUT2D eigenvalue weighted by Crippen LogP contribution is -2.52. The summed E-state index contributed by atoms with van der Waals surface area (Å²) in [7, 11) is 1.13. The molecular formula is C45H76O7Si. The first-order chi connectivity index (χ1) is 25.1. The maximum absolute atomic E-state index is 11.7. The van der Waals surface area contributed by atoms with Gasteiger partial charge in [-0.25, -0.2) is 0 Å². The standard InChI is InChI=1S/C45H76O7Si/c1-31(2)53(32(3)4,33(5)6)52-44(37(10)26-49-28-40-18-16-15-17-19-40)36(9)25-34(7)24-35(8)43(46)39(12)45(51-30-47-13)38(11)27-50-29-41-20-22-42(48-14)23-21-41/h15-23,25,31-33,35-39,43-46H,24,26-30H2,1-14H3/b34-25-/t35-,36-,37-,38-,39-,43+,44+,45-/m1/s1. The maximum atomic E-state index is 11.7. The quantitative estimate of drug-likeness (QED) is 0.0582. The van der Waals surface area contributed by atoms with Crippen LogP contribution >= 0.6 is 0 Å². The number of rotatable bonds is 26. The molecule has 0 saturated heterocycles. The number of hydrogen-bond donors (Lipinski definition) is 1. The van der Waals surface area contributed by atoms with E-state index in [1.807, 2.05) is 30.3 Å². The molecule has 2 rings (SSSR count). The van der Waals surface area contributed by atoms with Crippen LogP contribution in [0.25, 0.3) is 0 Å². The van der Waals surface area contributed by atoms with E-state index >= 15 is 0 Å². The molecule has 7 nitrogen and oxygen atoms in total. The van der Waals surface area contributed by atoms with E-state index < -0.39 is 14.4 Å². The van der Waals surface area contributed by atoms with E-state index in [2.05, 4.69) is 113 Å². The fraction of sp³-hybridized carbons (Fsp3) is 0.689. The van der Waals surface area contributed by atoms with Gasteiger partial charge in [-0.1, -0.05) is 130 Å². The first-order valence-corrected chi connectivity index (χ1v) is 22.2. The van der Waals surface area contributed by atoms with Crippen LogP contribution in [0.3, 0.4) is 0 Å². The van der Waals surface area contributed by atoms with Gasteiger partial charge in [0.15, 0.2) is 0 Å². The highest BCUT2D eigenvalue weighted by Gasteiger charge is 2.48. The molecule has 0 saturated carbocycles. The number of ether oxygens (including phenoxy) is 5. The highest BCUT2D eigenvalue weighted by molar-refractivity contribution is 6.77. The molecule has 0 aliphatic carbocycles. The average molecular weight is 757 g/mol. The van der Waals surface area contributed by atoms with E-state index in [1.165, 1.54) is 11.1 Å². The van der Waals surface area contributed by atoms with Crippen molar-refractivity contribution in [2.45, 2.75) is 138 Å². The molecular weight excluding hydrogens is 681 g/mol. The van der Waals surface area contributed by atoms with Crippen molar-refractivity contribution in [3.05, 3.63) is 77.4 Å². The fourth-order valence-corrected chi connectivity index (χ4v) is 14.3. The molecule has 0 unspecified atom stereocenters. The predicted molar refractivity (Wildman–Crippen MR) is 222 cm³/mol. The Kier molecular flexibility index (Phi) is 21.1. The van der Waals surface area contributed by atoms with Gasteiger partial charge < -0.3 is 33.2 Å². The van der Waals surface area contributed by atoms with E-state index in [0.29, 0.717) is 43.1 Å². The number of hydrogen-bond acceptors (Lipinski definition) is 7. The molecule has 53 heavy (non-hydrogen) atoms. The summed E-state index contributed by atoms with van der Waals surface area (Å²) >= 11 is 0. The molecule has 8 heteroatoms. The lowest BCUT2D eigenvalue weighted by Gasteiger charge is -2.47. The van der Waals surface area contributed by atoms with Crippen molar-refractivity contribution >= 4 is 8.32 Å². The van der Waals surface area contributed by atoms with Gasteiger partial charge in [0.2, 0.25) is 8.32 Å². The molecule has 0 radical (unpaired) electrons. The average Bonchev–Trinajstić information content (AvgIpc) is 3.11. The topological polar surface area (TPSA) is 75.6 Å². The van der Waals surface area contributed by atoms with E-state index in [1.54, 1.807) is 14.2 Å². The predicted octanol–water partition coefficient (Wildman–Crippen LogP) is 10.9. The summed E-state index contributed by atoms with van der Waals surface area (Å²) in [6.07, 6.45) is 2.38. The van der Waals surface area contributed by atoms with Crippen LogP contribution in [0, 0.1) is 29.6 Å². The molecule has 0 heterocycles. The van der Waals surface area contributed by atoms with Crippen molar-refractivity contribution in [3.63, 3.8) is 0 Å². The molecule has 0 aliphatic rings. The van der Waals surface area contributed by atoms with Crippen LogP contribution in [0.2, 0.25) is 16.6 Å². The van der Waals surface area contributed by atoms with Crippen molar-refractivity contribution in [1.82, 2.24) is 0 Å². The minimum absolute atomic E-state index is 0.0179. The molecule has 0 fully saturated rings. The SMILES string of the molecule is COCO[C@@H]([C@H](C)[C@@H](O)[C@H](C)C/C(C)=C\[C@@H](C)[C@H](O[Si](C(C)C)(C(C)C)C(C)C)[C@H](C)COCc1ccccc1)[C@H](C)COCc1ccc(OC)cc1. The maximum Gasteiger partial charge on any atom is 0.200 e. The third-order valence-electron chi connectivity index (χ3n) is 11.2. The summed E-state index contributed by atoms with van der Waals surface area (Å²) in [5, 5.41) is 11.7. The first kappa shape index (κ1) is 47.1. The van der Waals surface area contributed by atoms with Crippen LogP contribution in [-0.2, 0) is 36.6 Å². The lowest BCUT2D eigenvalue weighted by molar-refractivity contribution is -0.139. The number of methoxy groups -OCH3 is 2. The summed E-state index contributed by atoms with van der Waals surface area (Å²) in [5.41, 5.74) is 4.99. The number of benzene rings is 2. The van der Waals surface area contributed by atoms with Crippen LogP contribution in [0.5, 0.6) is 5.75 Å². The Morgan fingerprint density at radius 2 is 1.19 bits per heavy atom. The molecule has 8 atom stereocenters. The molecule has 0 aliphatic heterocycles. The minimum Gasteiger partial charge on any atom is -0.497 e. The Morgan fingerprint density at radius 3 is 1.68 bits per heavy atom. The first-order valence-electron chi connectivity index (χ1n) is 20.0. The highest BCUT2D eigenvalue weighted by Crippen LogP contribution is 2.45. The monoisotopic (exact) mass is 757 g/mol. The zero-order valence-corrected chi connectivity index (χ0v) is 36.8. The van der Waals surface area contributed by atoms with E-state index in [9.17, 15) is 5.11 Å². The summed E-state index contributed by atoms with van der Waals surface area (Å²) in [4.78, 5) is 0. The number of aliphatic hydroxyl groups excluding tert-OH is 1. The second-order valence-corrected chi connectivity index (χ2v) is 22.1. The van der Waals surface area contributed by atoms with Gasteiger partial charge in [0.1, 0.15) is 12.5 Å². The Balaban J connectivity index is 2.18. The van der Waals surface area contributed by atoms with E-state index in [-0.39, 0.29) is 48.6 Å². The summed E-state index contributed by atoms with van der Waals surface area (Å²) in [5.74, 6) is 1.15. The summed E-state index contributed by atoms with van der Waals surface area (Å²) < 4.78 is 36.7. The molecule has 1 N–H and O–H groups in total. The van der Waals surface area contributed by atoms with Gasteiger partial charge in [-0.3, -0.25) is 0 Å². The Labute approximate surface area is 325 Å². The third kappa shape index (κ3) is 14.5.